The molecule has 0 bridgehead atoms. The molecule has 0 aliphatic rings. The van der Waals surface area contributed by atoms with Crippen LogP contribution in [0.25, 0.3) is 16.9 Å². The lowest BCUT2D eigenvalue weighted by Crippen LogP contribution is -2.27. The van der Waals surface area contributed by atoms with E-state index in [-0.39, 0.29) is 17.3 Å². The van der Waals surface area contributed by atoms with Crippen LogP contribution >= 0.6 is 11.6 Å². The molecule has 1 atom stereocenters. The molecule has 0 fully saturated rings. The molecule has 4 aromatic rings. The van der Waals surface area contributed by atoms with Gasteiger partial charge in [0, 0.05) is 16.5 Å². The van der Waals surface area contributed by atoms with E-state index in [0.29, 0.717) is 16.5 Å². The summed E-state index contributed by atoms with van der Waals surface area (Å²) in [6.07, 6.45) is 1.66. The van der Waals surface area contributed by atoms with Gasteiger partial charge < -0.3 is 9.84 Å². The van der Waals surface area contributed by atoms with Gasteiger partial charge in [-0.25, -0.2) is 0 Å². The van der Waals surface area contributed by atoms with Gasteiger partial charge in [-0.05, 0) is 42.7 Å². The van der Waals surface area contributed by atoms with Crippen molar-refractivity contribution < 1.29 is 9.32 Å². The van der Waals surface area contributed by atoms with Crippen LogP contribution in [0.4, 0.5) is 0 Å². The van der Waals surface area contributed by atoms with Crippen molar-refractivity contribution in [2.24, 2.45) is 0 Å². The smallest absolute Gasteiger partial charge is 0.315 e. The van der Waals surface area contributed by atoms with E-state index in [1.54, 1.807) is 12.4 Å². The van der Waals surface area contributed by atoms with Crippen molar-refractivity contribution in [2.45, 2.75) is 46.1 Å². The number of nitrogens with one attached hydrogen (secondary N) is 1. The third-order valence-corrected chi connectivity index (χ3v) is 5.26. The summed E-state index contributed by atoms with van der Waals surface area (Å²) < 4.78 is 7.02. The Labute approximate surface area is 184 Å². The summed E-state index contributed by atoms with van der Waals surface area (Å²) in [4.78, 5) is 16.8. The Bertz CT molecular complexity index is 1270. The minimum atomic E-state index is -0.403. The number of carbonyl (C=O) groups is 1. The number of rotatable bonds is 4. The van der Waals surface area contributed by atoms with Gasteiger partial charge in [0.05, 0.1) is 11.7 Å². The zero-order valence-corrected chi connectivity index (χ0v) is 18.7. The van der Waals surface area contributed by atoms with Crippen LogP contribution in [0.2, 0.25) is 5.02 Å². The molecule has 1 N–H and O–H groups in total. The third-order valence-electron chi connectivity index (χ3n) is 5.05. The van der Waals surface area contributed by atoms with Crippen LogP contribution in [-0.4, -0.2) is 30.6 Å². The SMILES string of the molecule is Cc1cc(-c2cc(Cl)cc3nncn23)ccc1[C@@H](C)NC(=O)c1nc(C(C)(C)C)no1. The predicted molar refractivity (Wildman–Crippen MR) is 117 cm³/mol. The second-order valence-electron chi connectivity index (χ2n) is 8.56. The first-order valence-electron chi connectivity index (χ1n) is 9.89. The van der Waals surface area contributed by atoms with Crippen molar-refractivity contribution in [2.75, 3.05) is 0 Å². The number of pyridine rings is 1. The van der Waals surface area contributed by atoms with Crippen molar-refractivity contribution in [1.82, 2.24) is 30.1 Å². The van der Waals surface area contributed by atoms with Gasteiger partial charge in [-0.15, -0.1) is 10.2 Å². The molecule has 31 heavy (non-hydrogen) atoms. The topological polar surface area (TPSA) is 98.2 Å². The minimum Gasteiger partial charge on any atom is -0.341 e. The van der Waals surface area contributed by atoms with E-state index in [9.17, 15) is 4.79 Å². The molecule has 0 unspecified atom stereocenters. The normalized spacial score (nSPS) is 12.8. The number of hydrogen-bond acceptors (Lipinski definition) is 6. The predicted octanol–water partition coefficient (Wildman–Crippen LogP) is 4.53. The number of hydrogen-bond donors (Lipinski definition) is 1. The zero-order valence-electron chi connectivity index (χ0n) is 18.0. The van der Waals surface area contributed by atoms with E-state index >= 15 is 0 Å². The Morgan fingerprint density at radius 1 is 1.23 bits per heavy atom. The molecule has 3 aromatic heterocycles. The fourth-order valence-corrected chi connectivity index (χ4v) is 3.59. The van der Waals surface area contributed by atoms with Crippen LogP contribution < -0.4 is 5.32 Å². The van der Waals surface area contributed by atoms with Crippen molar-refractivity contribution in [1.29, 1.82) is 0 Å². The summed E-state index contributed by atoms with van der Waals surface area (Å²) in [5.41, 5.74) is 4.25. The van der Waals surface area contributed by atoms with Gasteiger partial charge in [-0.3, -0.25) is 9.20 Å². The molecular formula is C22H23ClN6O2. The van der Waals surface area contributed by atoms with Crippen molar-refractivity contribution in [3.05, 3.63) is 64.5 Å². The van der Waals surface area contributed by atoms with Gasteiger partial charge in [0.25, 0.3) is 0 Å². The number of aryl methyl sites for hydroxylation is 1. The average molecular weight is 439 g/mol. The fourth-order valence-electron chi connectivity index (χ4n) is 3.39. The maximum absolute atomic E-state index is 12.6. The van der Waals surface area contributed by atoms with Crippen molar-refractivity contribution in [3.63, 3.8) is 0 Å². The van der Waals surface area contributed by atoms with Gasteiger partial charge >= 0.3 is 11.8 Å². The zero-order chi connectivity index (χ0) is 22.3. The van der Waals surface area contributed by atoms with Crippen LogP contribution in [0.3, 0.4) is 0 Å². The lowest BCUT2D eigenvalue weighted by atomic mass is 9.96. The summed E-state index contributed by atoms with van der Waals surface area (Å²) in [5, 5.41) is 15.5. The largest absolute Gasteiger partial charge is 0.341 e. The number of carbonyl (C=O) groups excluding carboxylic acids is 1. The summed E-state index contributed by atoms with van der Waals surface area (Å²) in [6, 6.07) is 9.41. The molecule has 0 spiro atoms. The van der Waals surface area contributed by atoms with Crippen LogP contribution in [0.15, 0.2) is 41.2 Å². The quantitative estimate of drug-likeness (QED) is 0.502. The van der Waals surface area contributed by atoms with E-state index in [0.717, 1.165) is 22.4 Å². The van der Waals surface area contributed by atoms with Gasteiger partial charge in [0.1, 0.15) is 6.33 Å². The second-order valence-corrected chi connectivity index (χ2v) is 8.99. The maximum atomic E-state index is 12.6. The van der Waals surface area contributed by atoms with E-state index in [1.807, 2.05) is 63.3 Å². The molecule has 0 saturated heterocycles. The molecule has 160 valence electrons. The Morgan fingerprint density at radius 2 is 2.00 bits per heavy atom. The van der Waals surface area contributed by atoms with E-state index in [1.165, 1.54) is 0 Å². The number of benzene rings is 1. The second kappa shape index (κ2) is 7.77. The molecule has 1 amide bonds. The summed E-state index contributed by atoms with van der Waals surface area (Å²) in [6.45, 7) is 9.79. The number of halogens is 1. The fraction of sp³-hybridized carbons (Fsp3) is 0.318. The average Bonchev–Trinajstić information content (AvgIpc) is 3.36. The molecule has 0 saturated carbocycles. The highest BCUT2D eigenvalue weighted by Gasteiger charge is 2.25. The first kappa shape index (κ1) is 21.0. The summed E-state index contributed by atoms with van der Waals surface area (Å²) in [5.74, 6) is 0.0488. The minimum absolute atomic E-state index is 0.0417. The third kappa shape index (κ3) is 4.16. The number of fused-ring (bicyclic) bond motifs is 1. The van der Waals surface area contributed by atoms with Gasteiger partial charge in [0.2, 0.25) is 0 Å². The van der Waals surface area contributed by atoms with Crippen LogP contribution in [0.5, 0.6) is 0 Å². The molecule has 3 heterocycles. The lowest BCUT2D eigenvalue weighted by Gasteiger charge is -2.17. The number of aromatic nitrogens is 5. The number of amides is 1. The lowest BCUT2D eigenvalue weighted by molar-refractivity contribution is 0.0895. The van der Waals surface area contributed by atoms with Crippen LogP contribution in [-0.2, 0) is 5.41 Å². The van der Waals surface area contributed by atoms with E-state index in [4.69, 9.17) is 16.1 Å². The first-order chi connectivity index (χ1) is 14.6. The highest BCUT2D eigenvalue weighted by molar-refractivity contribution is 6.31. The maximum Gasteiger partial charge on any atom is 0.315 e. The molecule has 8 nitrogen and oxygen atoms in total. The van der Waals surface area contributed by atoms with E-state index < -0.39 is 5.91 Å². The Balaban J connectivity index is 1.57. The van der Waals surface area contributed by atoms with Crippen molar-refractivity contribution in [3.8, 4) is 11.3 Å². The molecule has 0 aliphatic heterocycles. The highest BCUT2D eigenvalue weighted by atomic mass is 35.5. The highest BCUT2D eigenvalue weighted by Crippen LogP contribution is 2.28. The van der Waals surface area contributed by atoms with Crippen molar-refractivity contribution >= 4 is 23.2 Å². The Kier molecular flexibility index (Phi) is 5.26. The molecule has 0 aliphatic carbocycles. The Morgan fingerprint density at radius 3 is 2.68 bits per heavy atom. The van der Waals surface area contributed by atoms with Gasteiger partial charge in [0.15, 0.2) is 11.5 Å². The molecule has 0 radical (unpaired) electrons. The molecule has 1 aromatic carbocycles. The summed E-state index contributed by atoms with van der Waals surface area (Å²) in [7, 11) is 0. The van der Waals surface area contributed by atoms with E-state index in [2.05, 4.69) is 25.7 Å². The summed E-state index contributed by atoms with van der Waals surface area (Å²) >= 11 is 6.25. The van der Waals surface area contributed by atoms with Crippen LogP contribution in [0, 0.1) is 6.92 Å². The van der Waals surface area contributed by atoms with Crippen LogP contribution in [0.1, 0.15) is 61.4 Å². The Hall–Kier alpha value is -3.26. The van der Waals surface area contributed by atoms with Gasteiger partial charge in [-0.2, -0.15) is 4.98 Å². The molecular weight excluding hydrogens is 416 g/mol. The first-order valence-corrected chi connectivity index (χ1v) is 10.3. The monoisotopic (exact) mass is 438 g/mol. The molecule has 9 heteroatoms. The molecule has 4 rings (SSSR count). The van der Waals surface area contributed by atoms with Gasteiger partial charge in [-0.1, -0.05) is 49.7 Å². The number of nitrogens with zero attached hydrogens (tertiary/aromatic N) is 5. The standard InChI is InChI=1S/C22H23ClN6O2/c1-12-8-14(17-9-15(23)10-18-27-24-11-29(17)18)6-7-16(12)13(2)25-19(30)20-26-21(28-31-20)22(3,4)5/h6-11,13H,1-5H3,(H,25,30)/t13-/m1/s1.